The van der Waals surface area contributed by atoms with Crippen LogP contribution in [0.2, 0.25) is 0 Å². The van der Waals surface area contributed by atoms with Crippen molar-refractivity contribution in [2.24, 2.45) is 0 Å². The highest BCUT2D eigenvalue weighted by Crippen LogP contribution is 2.30. The molecular formula is C18H19N3O6S. The summed E-state index contributed by atoms with van der Waals surface area (Å²) in [5.74, 6) is -0.167. The first kappa shape index (κ1) is 19.8. The lowest BCUT2D eigenvalue weighted by molar-refractivity contribution is -0.118. The number of amides is 2. The maximum absolute atomic E-state index is 12.4. The third-order valence-corrected chi connectivity index (χ3v) is 5.37. The molecule has 0 spiro atoms. The maximum atomic E-state index is 12.4. The first-order valence-electron chi connectivity index (χ1n) is 8.36. The van der Waals surface area contributed by atoms with E-state index < -0.39 is 15.9 Å². The third-order valence-electron chi connectivity index (χ3n) is 3.90. The zero-order chi connectivity index (χ0) is 20.1. The summed E-state index contributed by atoms with van der Waals surface area (Å²) >= 11 is 0. The Hall–Kier alpha value is -2.95. The van der Waals surface area contributed by atoms with Crippen molar-refractivity contribution < 1.29 is 27.5 Å². The summed E-state index contributed by atoms with van der Waals surface area (Å²) in [5.41, 5.74) is 1.22. The quantitative estimate of drug-likeness (QED) is 0.595. The van der Waals surface area contributed by atoms with E-state index in [9.17, 15) is 18.0 Å². The molecule has 3 rings (SSSR count). The van der Waals surface area contributed by atoms with Gasteiger partial charge in [-0.2, -0.15) is 0 Å². The van der Waals surface area contributed by atoms with Gasteiger partial charge in [-0.1, -0.05) is 0 Å². The lowest BCUT2D eigenvalue weighted by atomic mass is 10.2. The van der Waals surface area contributed by atoms with Crippen molar-refractivity contribution in [3.63, 3.8) is 0 Å². The average molecular weight is 405 g/mol. The first-order chi connectivity index (χ1) is 13.4. The van der Waals surface area contributed by atoms with E-state index in [2.05, 4.69) is 15.4 Å². The minimum atomic E-state index is -3.67. The number of sulfonamides is 1. The molecule has 148 valence electrons. The zero-order valence-corrected chi connectivity index (χ0v) is 15.8. The van der Waals surface area contributed by atoms with Gasteiger partial charge in [0, 0.05) is 24.9 Å². The van der Waals surface area contributed by atoms with E-state index >= 15 is 0 Å². The molecule has 9 nitrogen and oxygen atoms in total. The van der Waals surface area contributed by atoms with Crippen LogP contribution in [0.5, 0.6) is 5.75 Å². The highest BCUT2D eigenvalue weighted by Gasteiger charge is 2.17. The molecular weight excluding hydrogens is 386 g/mol. The second kappa shape index (κ2) is 8.38. The van der Waals surface area contributed by atoms with E-state index in [1.54, 1.807) is 18.2 Å². The summed E-state index contributed by atoms with van der Waals surface area (Å²) in [6.07, 6.45) is 0. The van der Waals surface area contributed by atoms with Crippen LogP contribution < -0.4 is 20.1 Å². The van der Waals surface area contributed by atoms with Crippen molar-refractivity contribution in [2.75, 3.05) is 37.5 Å². The molecule has 0 radical (unpaired) electrons. The van der Waals surface area contributed by atoms with E-state index in [1.807, 2.05) is 0 Å². The second-order valence-corrected chi connectivity index (χ2v) is 7.68. The molecule has 0 saturated heterocycles. The van der Waals surface area contributed by atoms with Gasteiger partial charge in [-0.15, -0.1) is 0 Å². The van der Waals surface area contributed by atoms with E-state index in [1.165, 1.54) is 31.4 Å². The van der Waals surface area contributed by atoms with Gasteiger partial charge in [-0.05, 0) is 42.5 Å². The molecule has 0 bridgehead atoms. The number of rotatable bonds is 7. The normalized spacial score (nSPS) is 13.2. The number of hydrogen-bond acceptors (Lipinski definition) is 6. The summed E-state index contributed by atoms with van der Waals surface area (Å²) in [6, 6.07) is 10.4. The average Bonchev–Trinajstić information content (AvgIpc) is 2.68. The molecule has 1 heterocycles. The van der Waals surface area contributed by atoms with Crippen LogP contribution in [0.25, 0.3) is 0 Å². The highest BCUT2D eigenvalue weighted by molar-refractivity contribution is 7.89. The number of anilines is 2. The van der Waals surface area contributed by atoms with Crippen molar-refractivity contribution in [3.05, 3.63) is 48.0 Å². The number of carbonyl (C=O) groups is 2. The van der Waals surface area contributed by atoms with Crippen LogP contribution in [0.1, 0.15) is 10.4 Å². The molecule has 1 aliphatic heterocycles. The number of methoxy groups -OCH3 is 1. The Kier molecular flexibility index (Phi) is 5.93. The Morgan fingerprint density at radius 2 is 1.96 bits per heavy atom. The van der Waals surface area contributed by atoms with Crippen LogP contribution >= 0.6 is 0 Å². The van der Waals surface area contributed by atoms with Crippen molar-refractivity contribution >= 4 is 33.2 Å². The molecule has 0 aliphatic carbocycles. The number of carbonyl (C=O) groups excluding carboxylic acids is 2. The second-order valence-electron chi connectivity index (χ2n) is 5.92. The maximum Gasteiger partial charge on any atom is 0.262 e. The lowest BCUT2D eigenvalue weighted by Crippen LogP contribution is -2.27. The van der Waals surface area contributed by atoms with E-state index in [0.29, 0.717) is 17.1 Å². The fraction of sp³-hybridized carbons (Fsp3) is 0.222. The first-order valence-corrected chi connectivity index (χ1v) is 9.84. The smallest absolute Gasteiger partial charge is 0.262 e. The van der Waals surface area contributed by atoms with Crippen LogP contribution in [0.15, 0.2) is 47.4 Å². The SMILES string of the molecule is COCCNS(=O)(=O)c1ccc(C(=O)Nc2ccc3c(c2)NC(=O)CO3)cc1. The van der Waals surface area contributed by atoms with Gasteiger partial charge in [-0.25, -0.2) is 13.1 Å². The number of fused-ring (bicyclic) bond motifs is 1. The van der Waals surface area contributed by atoms with Crippen LogP contribution in [0, 0.1) is 0 Å². The van der Waals surface area contributed by atoms with Gasteiger partial charge in [0.15, 0.2) is 6.61 Å². The molecule has 0 atom stereocenters. The van der Waals surface area contributed by atoms with Crippen molar-refractivity contribution in [1.29, 1.82) is 0 Å². The van der Waals surface area contributed by atoms with Crippen LogP contribution in [-0.4, -0.2) is 47.1 Å². The molecule has 3 N–H and O–H groups in total. The Morgan fingerprint density at radius 1 is 1.21 bits per heavy atom. The minimum absolute atomic E-state index is 0.0473. The van der Waals surface area contributed by atoms with Crippen LogP contribution in [0.4, 0.5) is 11.4 Å². The highest BCUT2D eigenvalue weighted by atomic mass is 32.2. The topological polar surface area (TPSA) is 123 Å². The third kappa shape index (κ3) is 4.66. The predicted molar refractivity (Wildman–Crippen MR) is 102 cm³/mol. The van der Waals surface area contributed by atoms with Crippen molar-refractivity contribution in [3.8, 4) is 5.75 Å². The van der Waals surface area contributed by atoms with Gasteiger partial charge < -0.3 is 20.1 Å². The predicted octanol–water partition coefficient (Wildman–Crippen LogP) is 1.19. The van der Waals surface area contributed by atoms with Crippen LogP contribution in [0.3, 0.4) is 0 Å². The van der Waals surface area contributed by atoms with Gasteiger partial charge in [0.05, 0.1) is 17.2 Å². The van der Waals surface area contributed by atoms with Crippen molar-refractivity contribution in [2.45, 2.75) is 4.90 Å². The largest absolute Gasteiger partial charge is 0.482 e. The zero-order valence-electron chi connectivity index (χ0n) is 15.0. The monoisotopic (exact) mass is 405 g/mol. The molecule has 2 amide bonds. The van der Waals surface area contributed by atoms with Gasteiger partial charge in [0.2, 0.25) is 10.0 Å². The summed E-state index contributed by atoms with van der Waals surface area (Å²) < 4.78 is 36.7. The molecule has 1 aliphatic rings. The lowest BCUT2D eigenvalue weighted by Gasteiger charge is -2.18. The molecule has 0 saturated carbocycles. The molecule has 2 aromatic rings. The molecule has 0 aromatic heterocycles. The molecule has 2 aromatic carbocycles. The van der Waals surface area contributed by atoms with Gasteiger partial charge in [0.1, 0.15) is 5.75 Å². The van der Waals surface area contributed by atoms with Gasteiger partial charge in [-0.3, -0.25) is 9.59 Å². The fourth-order valence-corrected chi connectivity index (χ4v) is 3.52. The van der Waals surface area contributed by atoms with Gasteiger partial charge >= 0.3 is 0 Å². The van der Waals surface area contributed by atoms with Gasteiger partial charge in [0.25, 0.3) is 11.8 Å². The summed E-state index contributed by atoms with van der Waals surface area (Å²) in [5, 5.41) is 5.36. The minimum Gasteiger partial charge on any atom is -0.482 e. The molecule has 28 heavy (non-hydrogen) atoms. The number of hydrogen-bond donors (Lipinski definition) is 3. The Morgan fingerprint density at radius 3 is 2.68 bits per heavy atom. The Bertz CT molecular complexity index is 989. The number of nitrogens with one attached hydrogen (secondary N) is 3. The summed E-state index contributed by atoms with van der Waals surface area (Å²) in [4.78, 5) is 23.8. The fourth-order valence-electron chi connectivity index (χ4n) is 2.51. The summed E-state index contributed by atoms with van der Waals surface area (Å²) in [7, 11) is -2.19. The van der Waals surface area contributed by atoms with Crippen LogP contribution in [-0.2, 0) is 19.6 Å². The standard InChI is InChI=1S/C18H19N3O6S/c1-26-9-8-19-28(24,25)14-5-2-12(3-6-14)18(23)20-13-4-7-16-15(10-13)21-17(22)11-27-16/h2-7,10,19H,8-9,11H2,1H3,(H,20,23)(H,21,22). The van der Waals surface area contributed by atoms with Crippen molar-refractivity contribution in [1.82, 2.24) is 4.72 Å². The van der Waals surface area contributed by atoms with E-state index in [0.717, 1.165) is 0 Å². The Labute approximate surface area is 162 Å². The molecule has 10 heteroatoms. The Balaban J connectivity index is 1.68. The number of ether oxygens (including phenoxy) is 2. The van der Waals surface area contributed by atoms with E-state index in [-0.39, 0.29) is 36.1 Å². The number of benzene rings is 2. The molecule has 0 unspecified atom stereocenters. The van der Waals surface area contributed by atoms with E-state index in [4.69, 9.17) is 9.47 Å². The summed E-state index contributed by atoms with van der Waals surface area (Å²) in [6.45, 7) is 0.361. The molecule has 0 fully saturated rings.